The maximum atomic E-state index is 12.2. The highest BCUT2D eigenvalue weighted by Gasteiger charge is 2.12. The van der Waals surface area contributed by atoms with Crippen molar-refractivity contribution in [2.45, 2.75) is 13.8 Å². The Morgan fingerprint density at radius 1 is 1.32 bits per heavy atom. The average Bonchev–Trinajstić information content (AvgIpc) is 2.79. The van der Waals surface area contributed by atoms with Crippen molar-refractivity contribution < 1.29 is 4.79 Å². The van der Waals surface area contributed by atoms with Crippen molar-refractivity contribution in [3.05, 3.63) is 46.2 Å². The molecular formula is C14H16BrN3O. The summed E-state index contributed by atoms with van der Waals surface area (Å²) in [6, 6.07) is 7.54. The van der Waals surface area contributed by atoms with Gasteiger partial charge in [0.05, 0.1) is 16.9 Å². The third-order valence-corrected chi connectivity index (χ3v) is 3.29. The number of hydrogen-bond acceptors (Lipinski definition) is 2. The lowest BCUT2D eigenvalue weighted by Gasteiger charge is -2.12. The van der Waals surface area contributed by atoms with E-state index in [-0.39, 0.29) is 5.91 Å². The molecule has 2 aromatic rings. The number of aryl methyl sites for hydroxylation is 1. The molecule has 0 fully saturated rings. The van der Waals surface area contributed by atoms with Crippen LogP contribution in [0, 0.1) is 6.92 Å². The molecule has 0 radical (unpaired) electrons. The van der Waals surface area contributed by atoms with Gasteiger partial charge in [-0.05, 0) is 38.1 Å². The number of H-pyrrole nitrogens is 1. The Morgan fingerprint density at radius 2 is 2.11 bits per heavy atom. The number of carbonyl (C=O) groups excluding carboxylic acids is 1. The number of hydrogen-bond donors (Lipinski definition) is 3. The van der Waals surface area contributed by atoms with E-state index in [0.29, 0.717) is 5.56 Å². The minimum Gasteiger partial charge on any atom is -0.384 e. The Labute approximate surface area is 120 Å². The fraction of sp³-hybridized carbons (Fsp3) is 0.214. The average molecular weight is 322 g/mol. The third kappa shape index (κ3) is 3.17. The van der Waals surface area contributed by atoms with Crippen molar-refractivity contribution in [1.29, 1.82) is 0 Å². The minimum atomic E-state index is -0.115. The largest absolute Gasteiger partial charge is 0.384 e. The van der Waals surface area contributed by atoms with E-state index < -0.39 is 0 Å². The van der Waals surface area contributed by atoms with E-state index in [0.717, 1.165) is 28.1 Å². The van der Waals surface area contributed by atoms with Crippen molar-refractivity contribution in [1.82, 2.24) is 4.98 Å². The number of rotatable bonds is 4. The van der Waals surface area contributed by atoms with Crippen LogP contribution in [0.15, 0.2) is 34.9 Å². The lowest BCUT2D eigenvalue weighted by Crippen LogP contribution is -2.14. The zero-order valence-corrected chi connectivity index (χ0v) is 12.5. The van der Waals surface area contributed by atoms with E-state index in [2.05, 4.69) is 31.5 Å². The van der Waals surface area contributed by atoms with Crippen LogP contribution in [0.2, 0.25) is 0 Å². The van der Waals surface area contributed by atoms with Crippen LogP contribution < -0.4 is 10.6 Å². The first kappa shape index (κ1) is 13.7. The summed E-state index contributed by atoms with van der Waals surface area (Å²) in [5.41, 5.74) is 3.19. The maximum Gasteiger partial charge on any atom is 0.257 e. The van der Waals surface area contributed by atoms with Crippen molar-refractivity contribution in [2.75, 3.05) is 17.2 Å². The molecule has 100 valence electrons. The van der Waals surface area contributed by atoms with E-state index in [1.165, 1.54) is 0 Å². The molecule has 4 nitrogen and oxygen atoms in total. The Kier molecular flexibility index (Phi) is 4.27. The summed E-state index contributed by atoms with van der Waals surface area (Å²) in [4.78, 5) is 15.2. The lowest BCUT2D eigenvalue weighted by atomic mass is 10.2. The molecule has 0 saturated carbocycles. The van der Waals surface area contributed by atoms with Gasteiger partial charge >= 0.3 is 0 Å². The molecule has 0 aliphatic heterocycles. The monoisotopic (exact) mass is 321 g/mol. The van der Waals surface area contributed by atoms with Crippen LogP contribution in [0.4, 0.5) is 11.4 Å². The second kappa shape index (κ2) is 5.93. The highest BCUT2D eigenvalue weighted by Crippen LogP contribution is 2.26. The normalized spacial score (nSPS) is 10.3. The van der Waals surface area contributed by atoms with Crippen LogP contribution in [0.1, 0.15) is 23.0 Å². The predicted octanol–water partition coefficient (Wildman–Crippen LogP) is 3.77. The molecule has 1 aromatic heterocycles. The molecule has 0 spiro atoms. The Morgan fingerprint density at radius 3 is 2.74 bits per heavy atom. The zero-order valence-electron chi connectivity index (χ0n) is 10.9. The SMILES string of the molecule is CCNc1ccc(Br)cc1NC(=O)c1cc[nH]c1C. The summed E-state index contributed by atoms with van der Waals surface area (Å²) in [7, 11) is 0. The van der Waals surface area contributed by atoms with E-state index >= 15 is 0 Å². The Balaban J connectivity index is 2.25. The fourth-order valence-electron chi connectivity index (χ4n) is 1.85. The van der Waals surface area contributed by atoms with Crippen LogP contribution in [-0.4, -0.2) is 17.4 Å². The fourth-order valence-corrected chi connectivity index (χ4v) is 2.21. The number of anilines is 2. The summed E-state index contributed by atoms with van der Waals surface area (Å²) < 4.78 is 0.926. The van der Waals surface area contributed by atoms with Gasteiger partial charge in [0.25, 0.3) is 5.91 Å². The summed E-state index contributed by atoms with van der Waals surface area (Å²) >= 11 is 3.42. The van der Waals surface area contributed by atoms with Crippen LogP contribution in [0.5, 0.6) is 0 Å². The first-order valence-corrected chi connectivity index (χ1v) is 6.90. The lowest BCUT2D eigenvalue weighted by molar-refractivity contribution is 0.102. The highest BCUT2D eigenvalue weighted by atomic mass is 79.9. The zero-order chi connectivity index (χ0) is 13.8. The summed E-state index contributed by atoms with van der Waals surface area (Å²) in [6.45, 7) is 4.69. The number of carbonyl (C=O) groups is 1. The Hall–Kier alpha value is -1.75. The van der Waals surface area contributed by atoms with Gasteiger partial charge in [-0.3, -0.25) is 4.79 Å². The molecule has 1 heterocycles. The van der Waals surface area contributed by atoms with Gasteiger partial charge in [-0.15, -0.1) is 0 Å². The van der Waals surface area contributed by atoms with Crippen LogP contribution in [0.3, 0.4) is 0 Å². The van der Waals surface area contributed by atoms with Gasteiger partial charge in [-0.2, -0.15) is 0 Å². The molecule has 1 amide bonds. The first-order chi connectivity index (χ1) is 9.11. The molecule has 3 N–H and O–H groups in total. The molecule has 0 atom stereocenters. The van der Waals surface area contributed by atoms with Crippen LogP contribution >= 0.6 is 15.9 Å². The second-order valence-electron chi connectivity index (χ2n) is 4.19. The smallest absolute Gasteiger partial charge is 0.257 e. The molecule has 0 aliphatic rings. The molecule has 2 rings (SSSR count). The highest BCUT2D eigenvalue weighted by molar-refractivity contribution is 9.10. The molecule has 19 heavy (non-hydrogen) atoms. The summed E-state index contributed by atoms with van der Waals surface area (Å²) in [5.74, 6) is -0.115. The molecule has 1 aromatic carbocycles. The minimum absolute atomic E-state index is 0.115. The number of nitrogens with one attached hydrogen (secondary N) is 3. The van der Waals surface area contributed by atoms with Crippen molar-refractivity contribution >= 4 is 33.2 Å². The number of aromatic amines is 1. The van der Waals surface area contributed by atoms with Gasteiger partial charge in [-0.1, -0.05) is 15.9 Å². The topological polar surface area (TPSA) is 56.9 Å². The van der Waals surface area contributed by atoms with Gasteiger partial charge in [0.1, 0.15) is 0 Å². The van der Waals surface area contributed by atoms with E-state index in [9.17, 15) is 4.79 Å². The van der Waals surface area contributed by atoms with Crippen molar-refractivity contribution in [3.8, 4) is 0 Å². The Bertz CT molecular complexity index is 592. The van der Waals surface area contributed by atoms with E-state index in [4.69, 9.17) is 0 Å². The van der Waals surface area contributed by atoms with Gasteiger partial charge in [0, 0.05) is 22.9 Å². The molecule has 0 bridgehead atoms. The van der Waals surface area contributed by atoms with Gasteiger partial charge < -0.3 is 15.6 Å². The number of aromatic nitrogens is 1. The molecular weight excluding hydrogens is 306 g/mol. The van der Waals surface area contributed by atoms with Gasteiger partial charge in [-0.25, -0.2) is 0 Å². The van der Waals surface area contributed by atoms with Gasteiger partial charge in [0.15, 0.2) is 0 Å². The van der Waals surface area contributed by atoms with Gasteiger partial charge in [0.2, 0.25) is 0 Å². The molecule has 0 aliphatic carbocycles. The number of benzene rings is 1. The van der Waals surface area contributed by atoms with E-state index in [1.54, 1.807) is 12.3 Å². The quantitative estimate of drug-likeness (QED) is 0.802. The first-order valence-electron chi connectivity index (χ1n) is 6.10. The third-order valence-electron chi connectivity index (χ3n) is 2.80. The number of amides is 1. The van der Waals surface area contributed by atoms with E-state index in [1.807, 2.05) is 32.0 Å². The van der Waals surface area contributed by atoms with Crippen molar-refractivity contribution in [2.24, 2.45) is 0 Å². The maximum absolute atomic E-state index is 12.2. The van der Waals surface area contributed by atoms with Crippen molar-refractivity contribution in [3.63, 3.8) is 0 Å². The number of halogens is 1. The summed E-state index contributed by atoms with van der Waals surface area (Å²) in [6.07, 6.45) is 1.76. The van der Waals surface area contributed by atoms with Crippen LogP contribution in [0.25, 0.3) is 0 Å². The predicted molar refractivity (Wildman–Crippen MR) is 81.8 cm³/mol. The second-order valence-corrected chi connectivity index (χ2v) is 5.11. The molecule has 0 saturated heterocycles. The van der Waals surface area contributed by atoms with Crippen LogP contribution in [-0.2, 0) is 0 Å². The molecule has 0 unspecified atom stereocenters. The summed E-state index contributed by atoms with van der Waals surface area (Å²) in [5, 5.41) is 6.15. The molecule has 5 heteroatoms. The standard InChI is InChI=1S/C14H16BrN3O/c1-3-16-12-5-4-10(15)8-13(12)18-14(19)11-6-7-17-9(11)2/h4-8,16-17H,3H2,1-2H3,(H,18,19).